The van der Waals surface area contributed by atoms with E-state index in [-0.39, 0.29) is 0 Å². The van der Waals surface area contributed by atoms with Gasteiger partial charge in [-0.3, -0.25) is 0 Å². The first-order valence-electron chi connectivity index (χ1n) is 7.32. The fourth-order valence-electron chi connectivity index (χ4n) is 2.12. The first kappa shape index (κ1) is 16.6. The number of halogens is 1. The maximum Gasteiger partial charge on any atom is 0.126 e. The Morgan fingerprint density at radius 3 is 1.95 bits per heavy atom. The third-order valence-corrected chi connectivity index (χ3v) is 4.49. The average Bonchev–Trinajstić information content (AvgIpc) is 2.39. The Morgan fingerprint density at radius 1 is 1.05 bits per heavy atom. The van der Waals surface area contributed by atoms with E-state index in [1.165, 1.54) is 11.1 Å². The summed E-state index contributed by atoms with van der Waals surface area (Å²) >= 11 is 3.56. The number of hydrogen-bond acceptors (Lipinski definition) is 1. The van der Waals surface area contributed by atoms with Crippen LogP contribution in [0.1, 0.15) is 64.0 Å². The number of rotatable bonds is 7. The molecule has 0 aromatic heterocycles. The van der Waals surface area contributed by atoms with Crippen LogP contribution < -0.4 is 4.74 Å². The van der Waals surface area contributed by atoms with Crippen molar-refractivity contribution in [3.05, 3.63) is 29.3 Å². The topological polar surface area (TPSA) is 9.23 Å². The molecular weight excluding hydrogens is 300 g/mol. The van der Waals surface area contributed by atoms with E-state index in [0.717, 1.165) is 24.1 Å². The maximum atomic E-state index is 6.20. The van der Waals surface area contributed by atoms with Crippen LogP contribution in [0.25, 0.3) is 0 Å². The van der Waals surface area contributed by atoms with Gasteiger partial charge in [-0.25, -0.2) is 0 Å². The molecule has 0 aliphatic rings. The minimum atomic E-state index is 0.498. The lowest BCUT2D eigenvalue weighted by Gasteiger charge is -2.22. The van der Waals surface area contributed by atoms with Crippen LogP contribution in [-0.2, 0) is 0 Å². The van der Waals surface area contributed by atoms with Crippen LogP contribution in [0.5, 0.6) is 5.75 Å². The lowest BCUT2D eigenvalue weighted by Crippen LogP contribution is -2.14. The number of alkyl halides is 1. The molecule has 19 heavy (non-hydrogen) atoms. The van der Waals surface area contributed by atoms with E-state index in [0.29, 0.717) is 17.8 Å². The third-order valence-electron chi connectivity index (χ3n) is 3.58. The Kier molecular flexibility index (Phi) is 6.92. The second-order valence-electron chi connectivity index (χ2n) is 5.81. The summed E-state index contributed by atoms with van der Waals surface area (Å²) in [4.78, 5) is 0. The molecule has 108 valence electrons. The van der Waals surface area contributed by atoms with Gasteiger partial charge in [0.2, 0.25) is 0 Å². The molecular formula is C17H27BrO. The fraction of sp³-hybridized carbons (Fsp3) is 0.647. The van der Waals surface area contributed by atoms with Gasteiger partial charge in [-0.15, -0.1) is 0 Å². The highest BCUT2D eigenvalue weighted by molar-refractivity contribution is 9.09. The molecule has 0 bridgehead atoms. The van der Waals surface area contributed by atoms with Crippen molar-refractivity contribution in [2.45, 2.75) is 52.9 Å². The quantitative estimate of drug-likeness (QED) is 0.581. The van der Waals surface area contributed by atoms with E-state index in [4.69, 9.17) is 4.74 Å². The number of para-hydroxylation sites is 1. The Morgan fingerprint density at radius 2 is 1.58 bits per heavy atom. The first-order chi connectivity index (χ1) is 9.01. The summed E-state index contributed by atoms with van der Waals surface area (Å²) in [6.45, 7) is 11.9. The first-order valence-corrected chi connectivity index (χ1v) is 8.44. The summed E-state index contributed by atoms with van der Waals surface area (Å²) in [7, 11) is 0. The van der Waals surface area contributed by atoms with Gasteiger partial charge in [0, 0.05) is 11.2 Å². The van der Waals surface area contributed by atoms with Gasteiger partial charge in [0.15, 0.2) is 0 Å². The number of hydrogen-bond donors (Lipinski definition) is 0. The largest absolute Gasteiger partial charge is 0.493 e. The molecule has 0 amide bonds. The lowest BCUT2D eigenvalue weighted by atomic mass is 9.94. The summed E-state index contributed by atoms with van der Waals surface area (Å²) < 4.78 is 6.20. The van der Waals surface area contributed by atoms with Crippen LogP contribution in [0.4, 0.5) is 0 Å². The van der Waals surface area contributed by atoms with E-state index in [1.54, 1.807) is 0 Å². The van der Waals surface area contributed by atoms with Gasteiger partial charge in [0.25, 0.3) is 0 Å². The second-order valence-corrected chi connectivity index (χ2v) is 6.46. The molecule has 0 fully saturated rings. The van der Waals surface area contributed by atoms with Crippen molar-refractivity contribution in [1.29, 1.82) is 0 Å². The van der Waals surface area contributed by atoms with Crippen LogP contribution >= 0.6 is 15.9 Å². The second kappa shape index (κ2) is 7.94. The van der Waals surface area contributed by atoms with Gasteiger partial charge in [0.05, 0.1) is 6.61 Å². The molecule has 0 aliphatic heterocycles. The smallest absolute Gasteiger partial charge is 0.126 e. The van der Waals surface area contributed by atoms with Crippen molar-refractivity contribution < 1.29 is 4.74 Å². The van der Waals surface area contributed by atoms with E-state index < -0.39 is 0 Å². The normalized spacial score (nSPS) is 13.1. The standard InChI is InChI=1S/C17H27BrO/c1-6-14(10-18)11-19-17-15(12(2)3)8-7-9-16(17)13(4)5/h7-9,12-14H,6,10-11H2,1-5H3. The van der Waals surface area contributed by atoms with Gasteiger partial charge >= 0.3 is 0 Å². The van der Waals surface area contributed by atoms with E-state index in [9.17, 15) is 0 Å². The molecule has 0 N–H and O–H groups in total. The Hall–Kier alpha value is -0.500. The van der Waals surface area contributed by atoms with E-state index in [2.05, 4.69) is 68.7 Å². The van der Waals surface area contributed by atoms with Crippen molar-refractivity contribution >= 4 is 15.9 Å². The monoisotopic (exact) mass is 326 g/mol. The third kappa shape index (κ3) is 4.52. The highest BCUT2D eigenvalue weighted by Gasteiger charge is 2.16. The molecule has 2 heteroatoms. The summed E-state index contributed by atoms with van der Waals surface area (Å²) in [6, 6.07) is 6.54. The molecule has 0 heterocycles. The van der Waals surface area contributed by atoms with Gasteiger partial charge < -0.3 is 4.74 Å². The van der Waals surface area contributed by atoms with Crippen LogP contribution in [0.3, 0.4) is 0 Å². The van der Waals surface area contributed by atoms with E-state index in [1.807, 2.05) is 0 Å². The van der Waals surface area contributed by atoms with Gasteiger partial charge in [0.1, 0.15) is 5.75 Å². The number of ether oxygens (including phenoxy) is 1. The number of benzene rings is 1. The molecule has 0 aliphatic carbocycles. The molecule has 1 rings (SSSR count). The van der Waals surface area contributed by atoms with Crippen LogP contribution in [0.15, 0.2) is 18.2 Å². The molecule has 0 saturated carbocycles. The van der Waals surface area contributed by atoms with Crippen molar-refractivity contribution in [2.75, 3.05) is 11.9 Å². The predicted octanol–water partition coefficient (Wildman–Crippen LogP) is 5.73. The summed E-state index contributed by atoms with van der Waals surface area (Å²) in [6.07, 6.45) is 1.14. The molecule has 1 atom stereocenters. The molecule has 1 nitrogen and oxygen atoms in total. The zero-order valence-electron chi connectivity index (χ0n) is 12.9. The fourth-order valence-corrected chi connectivity index (χ4v) is 2.77. The van der Waals surface area contributed by atoms with Crippen LogP contribution in [-0.4, -0.2) is 11.9 Å². The SMILES string of the molecule is CCC(CBr)COc1c(C(C)C)cccc1C(C)C. The van der Waals surface area contributed by atoms with Crippen LogP contribution in [0, 0.1) is 5.92 Å². The summed E-state index contributed by atoms with van der Waals surface area (Å²) in [5.41, 5.74) is 2.66. The average molecular weight is 327 g/mol. The van der Waals surface area contributed by atoms with Crippen molar-refractivity contribution in [1.82, 2.24) is 0 Å². The van der Waals surface area contributed by atoms with E-state index >= 15 is 0 Å². The molecule has 0 spiro atoms. The molecule has 0 radical (unpaired) electrons. The van der Waals surface area contributed by atoms with Gasteiger partial charge in [-0.2, -0.15) is 0 Å². The molecule has 1 aromatic carbocycles. The highest BCUT2D eigenvalue weighted by Crippen LogP contribution is 2.34. The lowest BCUT2D eigenvalue weighted by molar-refractivity contribution is 0.254. The highest BCUT2D eigenvalue weighted by atomic mass is 79.9. The Bertz CT molecular complexity index is 355. The Balaban J connectivity index is 3.00. The maximum absolute atomic E-state index is 6.20. The molecule has 0 saturated heterocycles. The zero-order chi connectivity index (χ0) is 14.4. The minimum absolute atomic E-state index is 0.498. The van der Waals surface area contributed by atoms with Gasteiger partial charge in [-0.1, -0.05) is 68.7 Å². The van der Waals surface area contributed by atoms with Crippen molar-refractivity contribution in [3.8, 4) is 5.75 Å². The minimum Gasteiger partial charge on any atom is -0.493 e. The van der Waals surface area contributed by atoms with Crippen molar-refractivity contribution in [2.24, 2.45) is 5.92 Å². The van der Waals surface area contributed by atoms with Crippen LogP contribution in [0.2, 0.25) is 0 Å². The zero-order valence-corrected chi connectivity index (χ0v) is 14.5. The molecule has 1 unspecified atom stereocenters. The predicted molar refractivity (Wildman–Crippen MR) is 87.7 cm³/mol. The van der Waals surface area contributed by atoms with Crippen molar-refractivity contribution in [3.63, 3.8) is 0 Å². The molecule has 1 aromatic rings. The van der Waals surface area contributed by atoms with Gasteiger partial charge in [-0.05, 0) is 29.4 Å². The Labute approximate surface area is 126 Å². The summed E-state index contributed by atoms with van der Waals surface area (Å²) in [5, 5.41) is 1.00. The summed E-state index contributed by atoms with van der Waals surface area (Å²) in [5.74, 6) is 2.70.